The number of amides is 3. The first-order valence-corrected chi connectivity index (χ1v) is 9.66. The maximum Gasteiger partial charge on any atom is 0.407 e. The molecule has 1 aliphatic heterocycles. The Balaban J connectivity index is 1.70. The van der Waals surface area contributed by atoms with Gasteiger partial charge in [0.05, 0.1) is 6.04 Å². The van der Waals surface area contributed by atoms with Crippen LogP contribution in [0.2, 0.25) is 0 Å². The Morgan fingerprint density at radius 3 is 2.43 bits per heavy atom. The van der Waals surface area contributed by atoms with Crippen LogP contribution in [0.15, 0.2) is 18.2 Å². The fourth-order valence-electron chi connectivity index (χ4n) is 3.81. The van der Waals surface area contributed by atoms with Crippen molar-refractivity contribution >= 4 is 17.9 Å². The second-order valence-corrected chi connectivity index (χ2v) is 8.86. The molecule has 2 N–H and O–H groups in total. The third-order valence-electron chi connectivity index (χ3n) is 5.46. The van der Waals surface area contributed by atoms with E-state index in [1.807, 2.05) is 27.7 Å². The van der Waals surface area contributed by atoms with Gasteiger partial charge >= 0.3 is 6.09 Å². The van der Waals surface area contributed by atoms with Crippen molar-refractivity contribution in [3.8, 4) is 0 Å². The van der Waals surface area contributed by atoms with Gasteiger partial charge in [-0.3, -0.25) is 9.59 Å². The summed E-state index contributed by atoms with van der Waals surface area (Å²) in [5.41, 5.74) is 1.28. The summed E-state index contributed by atoms with van der Waals surface area (Å²) < 4.78 is 5.37. The summed E-state index contributed by atoms with van der Waals surface area (Å²) in [6.07, 6.45) is 1.54. The molecule has 1 heterocycles. The van der Waals surface area contributed by atoms with Gasteiger partial charge in [0, 0.05) is 36.7 Å². The number of nitrogens with zero attached hydrogens (tertiary/aromatic N) is 1. The van der Waals surface area contributed by atoms with Gasteiger partial charge in [-0.05, 0) is 64.3 Å². The molecule has 1 saturated carbocycles. The van der Waals surface area contributed by atoms with Gasteiger partial charge in [-0.1, -0.05) is 0 Å². The first-order valence-electron chi connectivity index (χ1n) is 9.66. The number of alkyl carbamates (subject to hydrolysis) is 1. The second kappa shape index (κ2) is 7.11. The molecule has 152 valence electrons. The highest BCUT2D eigenvalue weighted by molar-refractivity contribution is 5.99. The molecule has 7 nitrogen and oxygen atoms in total. The Hall–Kier alpha value is -2.57. The van der Waals surface area contributed by atoms with Gasteiger partial charge in [0.1, 0.15) is 5.60 Å². The minimum atomic E-state index is -0.557. The lowest BCUT2D eigenvalue weighted by Crippen LogP contribution is -2.44. The van der Waals surface area contributed by atoms with Crippen LogP contribution in [-0.2, 0) is 4.74 Å². The zero-order valence-electron chi connectivity index (χ0n) is 17.2. The van der Waals surface area contributed by atoms with Crippen LogP contribution in [0, 0.1) is 12.3 Å². The Morgan fingerprint density at radius 2 is 1.89 bits per heavy atom. The lowest BCUT2D eigenvalue weighted by atomic mass is 10.0. The third-order valence-corrected chi connectivity index (χ3v) is 5.46. The standard InChI is InChI=1S/C21H29N3O4/c1-13-10-14(6-7-15(13)17(25)22-5)18(26)24-11-16(21(12-24)8-9-21)23-19(27)28-20(2,3)4/h6-7,10,16H,8-9,11-12H2,1-5H3,(H,22,25)(H,23,27). The molecule has 1 aromatic rings. The van der Waals surface area contributed by atoms with Gasteiger partial charge in [-0.2, -0.15) is 0 Å². The molecule has 1 aliphatic carbocycles. The van der Waals surface area contributed by atoms with Crippen molar-refractivity contribution in [2.45, 2.75) is 52.2 Å². The van der Waals surface area contributed by atoms with Crippen LogP contribution in [0.25, 0.3) is 0 Å². The third kappa shape index (κ3) is 4.13. The zero-order chi connectivity index (χ0) is 20.7. The van der Waals surface area contributed by atoms with Gasteiger partial charge in [0.25, 0.3) is 11.8 Å². The number of nitrogens with one attached hydrogen (secondary N) is 2. The lowest BCUT2D eigenvalue weighted by molar-refractivity contribution is 0.0489. The average Bonchev–Trinajstić information content (AvgIpc) is 3.29. The van der Waals surface area contributed by atoms with Crippen molar-refractivity contribution < 1.29 is 19.1 Å². The van der Waals surface area contributed by atoms with Crippen molar-refractivity contribution in [1.82, 2.24) is 15.5 Å². The van der Waals surface area contributed by atoms with Gasteiger partial charge in [0.2, 0.25) is 0 Å². The molecule has 2 fully saturated rings. The zero-order valence-corrected chi connectivity index (χ0v) is 17.2. The molecular formula is C21H29N3O4. The molecule has 2 aliphatic rings. The maximum atomic E-state index is 13.0. The molecule has 1 unspecified atom stereocenters. The van der Waals surface area contributed by atoms with E-state index in [-0.39, 0.29) is 23.3 Å². The Labute approximate surface area is 165 Å². The van der Waals surface area contributed by atoms with E-state index in [0.29, 0.717) is 24.2 Å². The molecule has 3 rings (SSSR count). The van der Waals surface area contributed by atoms with Crippen molar-refractivity contribution in [2.75, 3.05) is 20.1 Å². The van der Waals surface area contributed by atoms with E-state index >= 15 is 0 Å². The molecule has 1 aromatic carbocycles. The highest BCUT2D eigenvalue weighted by atomic mass is 16.6. The predicted molar refractivity (Wildman–Crippen MR) is 105 cm³/mol. The van der Waals surface area contributed by atoms with E-state index in [1.165, 1.54) is 0 Å². The monoisotopic (exact) mass is 387 g/mol. The number of ether oxygens (including phenoxy) is 1. The first kappa shape index (κ1) is 20.2. The summed E-state index contributed by atoms with van der Waals surface area (Å²) in [6, 6.07) is 5.02. The van der Waals surface area contributed by atoms with Crippen molar-refractivity contribution in [3.05, 3.63) is 34.9 Å². The van der Waals surface area contributed by atoms with Gasteiger partial charge in [-0.15, -0.1) is 0 Å². The summed E-state index contributed by atoms with van der Waals surface area (Å²) in [5, 5.41) is 5.56. The number of aryl methyl sites for hydroxylation is 1. The second-order valence-electron chi connectivity index (χ2n) is 8.86. The average molecular weight is 387 g/mol. The van der Waals surface area contributed by atoms with E-state index in [4.69, 9.17) is 4.74 Å². The van der Waals surface area contributed by atoms with Crippen LogP contribution in [0.4, 0.5) is 4.79 Å². The number of carbonyl (C=O) groups is 3. The highest BCUT2D eigenvalue weighted by Crippen LogP contribution is 2.53. The van der Waals surface area contributed by atoms with Gasteiger partial charge in [0.15, 0.2) is 0 Å². The normalized spacial score (nSPS) is 20.0. The molecule has 7 heteroatoms. The molecule has 0 bridgehead atoms. The fourth-order valence-corrected chi connectivity index (χ4v) is 3.81. The summed E-state index contributed by atoms with van der Waals surface area (Å²) in [4.78, 5) is 38.8. The van der Waals surface area contributed by atoms with Crippen LogP contribution in [-0.4, -0.2) is 54.6 Å². The predicted octanol–water partition coefficient (Wildman–Crippen LogP) is 2.48. The van der Waals surface area contributed by atoms with E-state index in [2.05, 4.69) is 10.6 Å². The highest BCUT2D eigenvalue weighted by Gasteiger charge is 2.56. The summed E-state index contributed by atoms with van der Waals surface area (Å²) in [7, 11) is 1.58. The largest absolute Gasteiger partial charge is 0.444 e. The van der Waals surface area contributed by atoms with Crippen molar-refractivity contribution in [3.63, 3.8) is 0 Å². The number of rotatable bonds is 3. The molecular weight excluding hydrogens is 358 g/mol. The molecule has 1 saturated heterocycles. The molecule has 1 spiro atoms. The Kier molecular flexibility index (Phi) is 5.12. The molecule has 3 amide bonds. The smallest absolute Gasteiger partial charge is 0.407 e. The van der Waals surface area contributed by atoms with Crippen LogP contribution in [0.5, 0.6) is 0 Å². The lowest BCUT2D eigenvalue weighted by Gasteiger charge is -2.23. The van der Waals surface area contributed by atoms with Gasteiger partial charge < -0.3 is 20.3 Å². The molecule has 28 heavy (non-hydrogen) atoms. The summed E-state index contributed by atoms with van der Waals surface area (Å²) >= 11 is 0. The minimum absolute atomic E-state index is 0.0380. The van der Waals surface area contributed by atoms with Crippen LogP contribution >= 0.6 is 0 Å². The molecule has 1 atom stereocenters. The van der Waals surface area contributed by atoms with E-state index < -0.39 is 11.7 Å². The Bertz CT molecular complexity index is 808. The maximum absolute atomic E-state index is 13.0. The number of hydrogen-bond donors (Lipinski definition) is 2. The van der Waals surface area contributed by atoms with E-state index in [1.54, 1.807) is 30.1 Å². The van der Waals surface area contributed by atoms with Crippen molar-refractivity contribution in [1.29, 1.82) is 0 Å². The van der Waals surface area contributed by atoms with Crippen LogP contribution in [0.1, 0.15) is 59.9 Å². The number of hydrogen-bond acceptors (Lipinski definition) is 4. The summed E-state index contributed by atoms with van der Waals surface area (Å²) in [6.45, 7) is 8.40. The minimum Gasteiger partial charge on any atom is -0.444 e. The van der Waals surface area contributed by atoms with Gasteiger partial charge in [-0.25, -0.2) is 4.79 Å². The van der Waals surface area contributed by atoms with Crippen molar-refractivity contribution in [2.24, 2.45) is 5.41 Å². The van der Waals surface area contributed by atoms with E-state index in [9.17, 15) is 14.4 Å². The number of benzene rings is 1. The molecule has 0 aromatic heterocycles. The molecule has 0 radical (unpaired) electrons. The fraction of sp³-hybridized carbons (Fsp3) is 0.571. The first-order chi connectivity index (χ1) is 13.0. The van der Waals surface area contributed by atoms with E-state index in [0.717, 1.165) is 18.4 Å². The Morgan fingerprint density at radius 1 is 1.21 bits per heavy atom. The SMILES string of the molecule is CNC(=O)c1ccc(C(=O)N2CC(NC(=O)OC(C)(C)C)C3(CC3)C2)cc1C. The van der Waals surface area contributed by atoms with Crippen LogP contribution in [0.3, 0.4) is 0 Å². The quantitative estimate of drug-likeness (QED) is 0.834. The number of likely N-dealkylation sites (tertiary alicyclic amines) is 1. The topological polar surface area (TPSA) is 87.7 Å². The number of carbonyl (C=O) groups excluding carboxylic acids is 3. The van der Waals surface area contributed by atoms with Crippen LogP contribution < -0.4 is 10.6 Å². The summed E-state index contributed by atoms with van der Waals surface area (Å²) in [5.74, 6) is -0.248.